The smallest absolute Gasteiger partial charge is 0.408 e. The Morgan fingerprint density at radius 3 is 2.39 bits per heavy atom. The average Bonchev–Trinajstić information content (AvgIpc) is 2.59. The molecule has 0 aromatic heterocycles. The van der Waals surface area contributed by atoms with Gasteiger partial charge in [-0.1, -0.05) is 60.2 Å². The summed E-state index contributed by atoms with van der Waals surface area (Å²) >= 11 is 0. The lowest BCUT2D eigenvalue weighted by molar-refractivity contribution is 0.0571. The minimum atomic E-state index is -1.11. The number of aliphatic hydroxyl groups is 2. The minimum absolute atomic E-state index is 0.141. The van der Waals surface area contributed by atoms with E-state index in [0.717, 1.165) is 11.1 Å². The summed E-state index contributed by atoms with van der Waals surface area (Å²) in [7, 11) is 0. The third kappa shape index (κ3) is 5.09. The van der Waals surface area contributed by atoms with E-state index in [2.05, 4.69) is 5.32 Å². The van der Waals surface area contributed by atoms with E-state index in [1.807, 2.05) is 49.4 Å². The third-order valence-electron chi connectivity index (χ3n) is 3.49. The molecule has 5 heteroatoms. The van der Waals surface area contributed by atoms with Crippen LogP contribution in [0.3, 0.4) is 0 Å². The zero-order chi connectivity index (χ0) is 16.7. The zero-order valence-electron chi connectivity index (χ0n) is 13.0. The van der Waals surface area contributed by atoms with Crippen molar-refractivity contribution in [2.75, 3.05) is 6.61 Å². The summed E-state index contributed by atoms with van der Waals surface area (Å²) in [5.74, 6) is 0. The molecule has 0 aliphatic carbocycles. The quantitative estimate of drug-likeness (QED) is 0.764. The van der Waals surface area contributed by atoms with Crippen LogP contribution in [0.15, 0.2) is 54.6 Å². The van der Waals surface area contributed by atoms with Gasteiger partial charge in [-0.2, -0.15) is 0 Å². The predicted octanol–water partition coefficient (Wildman–Crippen LogP) is 2.32. The maximum atomic E-state index is 12.0. The average molecular weight is 315 g/mol. The molecular formula is C18H21NO4. The Kier molecular flexibility index (Phi) is 6.14. The first-order valence-corrected chi connectivity index (χ1v) is 7.43. The number of alkyl carbamates (subject to hydrolysis) is 1. The summed E-state index contributed by atoms with van der Waals surface area (Å²) < 4.78 is 5.16. The summed E-state index contributed by atoms with van der Waals surface area (Å²) in [6.07, 6.45) is -1.76. The fourth-order valence-electron chi connectivity index (χ4n) is 2.17. The van der Waals surface area contributed by atoms with Crippen LogP contribution in [-0.2, 0) is 11.3 Å². The van der Waals surface area contributed by atoms with Crippen molar-refractivity contribution in [3.05, 3.63) is 71.3 Å². The summed E-state index contributed by atoms with van der Waals surface area (Å²) in [6, 6.07) is 15.9. The van der Waals surface area contributed by atoms with E-state index in [-0.39, 0.29) is 6.61 Å². The standard InChI is InChI=1S/C18H21NO4/c1-13-7-9-15(10-8-13)17(16(21)11-20)19-18(22)23-12-14-5-3-2-4-6-14/h2-10,16-17,20-21H,11-12H2,1H3,(H,19,22)/t16-,17?/m1/s1. The highest BCUT2D eigenvalue weighted by molar-refractivity contribution is 5.68. The first kappa shape index (κ1) is 17.0. The Morgan fingerprint density at radius 1 is 1.13 bits per heavy atom. The van der Waals surface area contributed by atoms with Crippen LogP contribution >= 0.6 is 0 Å². The number of amides is 1. The second-order valence-electron chi connectivity index (χ2n) is 5.34. The molecule has 0 aliphatic rings. The van der Waals surface area contributed by atoms with Crippen molar-refractivity contribution in [2.24, 2.45) is 0 Å². The highest BCUT2D eigenvalue weighted by atomic mass is 16.5. The van der Waals surface area contributed by atoms with Crippen LogP contribution in [0.25, 0.3) is 0 Å². The second kappa shape index (κ2) is 8.31. The van der Waals surface area contributed by atoms with E-state index >= 15 is 0 Å². The number of hydrogen-bond acceptors (Lipinski definition) is 4. The number of carbonyl (C=O) groups is 1. The third-order valence-corrected chi connectivity index (χ3v) is 3.49. The lowest BCUT2D eigenvalue weighted by atomic mass is 10.0. The summed E-state index contributed by atoms with van der Waals surface area (Å²) in [6.45, 7) is 1.63. The molecule has 0 spiro atoms. The van der Waals surface area contributed by atoms with Gasteiger partial charge in [-0.3, -0.25) is 0 Å². The van der Waals surface area contributed by atoms with Crippen molar-refractivity contribution in [2.45, 2.75) is 25.7 Å². The molecule has 23 heavy (non-hydrogen) atoms. The number of carbonyl (C=O) groups excluding carboxylic acids is 1. The normalized spacial score (nSPS) is 13.2. The number of aryl methyl sites for hydroxylation is 1. The molecule has 1 amide bonds. The van der Waals surface area contributed by atoms with E-state index in [9.17, 15) is 15.0 Å². The van der Waals surface area contributed by atoms with E-state index in [1.54, 1.807) is 12.1 Å². The molecule has 0 bridgehead atoms. The van der Waals surface area contributed by atoms with Gasteiger partial charge < -0.3 is 20.3 Å². The lowest BCUT2D eigenvalue weighted by Gasteiger charge is -2.23. The first-order valence-electron chi connectivity index (χ1n) is 7.43. The topological polar surface area (TPSA) is 78.8 Å². The SMILES string of the molecule is Cc1ccc(C(NC(=O)OCc2ccccc2)[C@H](O)CO)cc1. The second-order valence-corrected chi connectivity index (χ2v) is 5.34. The van der Waals surface area contributed by atoms with Crippen LogP contribution < -0.4 is 5.32 Å². The molecule has 0 radical (unpaired) electrons. The van der Waals surface area contributed by atoms with Gasteiger partial charge in [0.1, 0.15) is 12.7 Å². The maximum Gasteiger partial charge on any atom is 0.408 e. The number of rotatable bonds is 6. The van der Waals surface area contributed by atoms with Crippen molar-refractivity contribution in [1.29, 1.82) is 0 Å². The fraction of sp³-hybridized carbons (Fsp3) is 0.278. The molecule has 2 aromatic carbocycles. The van der Waals surface area contributed by atoms with Gasteiger partial charge in [0.2, 0.25) is 0 Å². The van der Waals surface area contributed by atoms with Crippen LogP contribution in [0.5, 0.6) is 0 Å². The molecule has 0 saturated carbocycles. The molecule has 2 aromatic rings. The highest BCUT2D eigenvalue weighted by Gasteiger charge is 2.23. The van der Waals surface area contributed by atoms with E-state index in [4.69, 9.17) is 4.74 Å². The molecule has 3 N–H and O–H groups in total. The van der Waals surface area contributed by atoms with E-state index in [1.165, 1.54) is 0 Å². The van der Waals surface area contributed by atoms with Crippen molar-refractivity contribution < 1.29 is 19.7 Å². The lowest BCUT2D eigenvalue weighted by Crippen LogP contribution is -2.38. The Morgan fingerprint density at radius 2 is 1.78 bits per heavy atom. The van der Waals surface area contributed by atoms with Gasteiger partial charge in [0, 0.05) is 0 Å². The minimum Gasteiger partial charge on any atom is -0.445 e. The summed E-state index contributed by atoms with van der Waals surface area (Å²) in [5, 5.41) is 21.8. The van der Waals surface area contributed by atoms with Crippen LogP contribution in [0, 0.1) is 6.92 Å². The molecule has 1 unspecified atom stereocenters. The van der Waals surface area contributed by atoms with Crippen LogP contribution in [-0.4, -0.2) is 29.0 Å². The van der Waals surface area contributed by atoms with Gasteiger partial charge in [0.25, 0.3) is 0 Å². The van der Waals surface area contributed by atoms with Crippen LogP contribution in [0.2, 0.25) is 0 Å². The Balaban J connectivity index is 1.99. The molecule has 0 fully saturated rings. The van der Waals surface area contributed by atoms with Gasteiger partial charge in [-0.15, -0.1) is 0 Å². The first-order chi connectivity index (χ1) is 11.1. The summed E-state index contributed by atoms with van der Waals surface area (Å²) in [5.41, 5.74) is 2.64. The molecule has 0 saturated heterocycles. The van der Waals surface area contributed by atoms with E-state index < -0.39 is 24.8 Å². The fourth-order valence-corrected chi connectivity index (χ4v) is 2.17. The Bertz CT molecular complexity index is 613. The Labute approximate surface area is 135 Å². The van der Waals surface area contributed by atoms with Crippen molar-refractivity contribution in [3.63, 3.8) is 0 Å². The van der Waals surface area contributed by atoms with Gasteiger partial charge in [0.05, 0.1) is 12.6 Å². The van der Waals surface area contributed by atoms with Gasteiger partial charge >= 0.3 is 6.09 Å². The largest absolute Gasteiger partial charge is 0.445 e. The van der Waals surface area contributed by atoms with Gasteiger partial charge in [0.15, 0.2) is 0 Å². The number of aliphatic hydroxyl groups excluding tert-OH is 2. The molecular weight excluding hydrogens is 294 g/mol. The van der Waals surface area contributed by atoms with Crippen LogP contribution in [0.1, 0.15) is 22.7 Å². The maximum absolute atomic E-state index is 12.0. The molecule has 122 valence electrons. The van der Waals surface area contributed by atoms with Gasteiger partial charge in [-0.25, -0.2) is 4.79 Å². The Hall–Kier alpha value is -2.37. The van der Waals surface area contributed by atoms with Crippen molar-refractivity contribution in [3.8, 4) is 0 Å². The van der Waals surface area contributed by atoms with Crippen molar-refractivity contribution in [1.82, 2.24) is 5.32 Å². The summed E-state index contributed by atoms with van der Waals surface area (Å²) in [4.78, 5) is 12.0. The van der Waals surface area contributed by atoms with Crippen molar-refractivity contribution >= 4 is 6.09 Å². The van der Waals surface area contributed by atoms with Gasteiger partial charge in [-0.05, 0) is 18.1 Å². The number of nitrogens with one attached hydrogen (secondary N) is 1. The molecule has 2 rings (SSSR count). The predicted molar refractivity (Wildman–Crippen MR) is 86.8 cm³/mol. The monoisotopic (exact) mass is 315 g/mol. The van der Waals surface area contributed by atoms with Crippen LogP contribution in [0.4, 0.5) is 4.79 Å². The molecule has 5 nitrogen and oxygen atoms in total. The zero-order valence-corrected chi connectivity index (χ0v) is 13.0. The highest BCUT2D eigenvalue weighted by Crippen LogP contribution is 2.18. The number of hydrogen-bond donors (Lipinski definition) is 3. The molecule has 2 atom stereocenters. The molecule has 0 aliphatic heterocycles. The number of ether oxygens (including phenoxy) is 1. The van der Waals surface area contributed by atoms with E-state index in [0.29, 0.717) is 5.56 Å². The molecule has 0 heterocycles. The number of benzene rings is 2.